The maximum atomic E-state index is 13.7. The van der Waals surface area contributed by atoms with E-state index in [4.69, 9.17) is 0 Å². The average Bonchev–Trinajstić information content (AvgIpc) is 2.85. The molecule has 1 heterocycles. The summed E-state index contributed by atoms with van der Waals surface area (Å²) >= 11 is 0. The van der Waals surface area contributed by atoms with Gasteiger partial charge in [-0.25, -0.2) is 4.39 Å². The number of aryl methyl sites for hydroxylation is 1. The van der Waals surface area contributed by atoms with Crippen LogP contribution in [0.3, 0.4) is 0 Å². The van der Waals surface area contributed by atoms with Crippen LogP contribution in [0.2, 0.25) is 0 Å². The summed E-state index contributed by atoms with van der Waals surface area (Å²) in [6.45, 7) is 5.30. The van der Waals surface area contributed by atoms with Crippen molar-refractivity contribution >= 4 is 5.91 Å². The van der Waals surface area contributed by atoms with Crippen molar-refractivity contribution in [2.75, 3.05) is 26.2 Å². The Morgan fingerprint density at radius 1 is 1.39 bits per heavy atom. The van der Waals surface area contributed by atoms with Gasteiger partial charge < -0.3 is 10.2 Å². The first-order valence-electron chi connectivity index (χ1n) is 6.44. The average molecular weight is 250 g/mol. The van der Waals surface area contributed by atoms with Gasteiger partial charge in [-0.15, -0.1) is 0 Å². The van der Waals surface area contributed by atoms with Gasteiger partial charge in [0.2, 0.25) is 0 Å². The number of nitrogens with one attached hydrogen (secondary N) is 1. The van der Waals surface area contributed by atoms with Gasteiger partial charge in [-0.05, 0) is 44.5 Å². The summed E-state index contributed by atoms with van der Waals surface area (Å²) < 4.78 is 13.7. The SMILES string of the molecule is Cc1cccc(C(=O)NCCN2CCCC2)c1F. The minimum absolute atomic E-state index is 0.136. The number of amides is 1. The molecule has 1 aliphatic rings. The Morgan fingerprint density at radius 3 is 2.83 bits per heavy atom. The van der Waals surface area contributed by atoms with Crippen molar-refractivity contribution in [1.29, 1.82) is 0 Å². The minimum atomic E-state index is -0.420. The summed E-state index contributed by atoms with van der Waals surface area (Å²) in [6.07, 6.45) is 2.47. The highest BCUT2D eigenvalue weighted by molar-refractivity contribution is 5.94. The number of benzene rings is 1. The highest BCUT2D eigenvalue weighted by Crippen LogP contribution is 2.11. The van der Waals surface area contributed by atoms with Crippen LogP contribution >= 0.6 is 0 Å². The molecule has 0 aliphatic carbocycles. The number of hydrogen-bond acceptors (Lipinski definition) is 2. The normalized spacial score (nSPS) is 15.9. The largest absolute Gasteiger partial charge is 0.351 e. The highest BCUT2D eigenvalue weighted by atomic mass is 19.1. The monoisotopic (exact) mass is 250 g/mol. The topological polar surface area (TPSA) is 32.3 Å². The Kier molecular flexibility index (Phi) is 4.31. The summed E-state index contributed by atoms with van der Waals surface area (Å²) in [5.41, 5.74) is 0.638. The molecular formula is C14H19FN2O. The lowest BCUT2D eigenvalue weighted by molar-refractivity contribution is 0.0945. The van der Waals surface area contributed by atoms with Gasteiger partial charge in [0, 0.05) is 13.1 Å². The molecule has 0 unspecified atom stereocenters. The lowest BCUT2D eigenvalue weighted by atomic mass is 10.1. The van der Waals surface area contributed by atoms with Crippen LogP contribution in [0, 0.1) is 12.7 Å². The number of carbonyl (C=O) groups excluding carboxylic acids is 1. The van der Waals surface area contributed by atoms with Crippen molar-refractivity contribution in [3.63, 3.8) is 0 Å². The van der Waals surface area contributed by atoms with Crippen molar-refractivity contribution in [2.24, 2.45) is 0 Å². The third kappa shape index (κ3) is 3.07. The number of rotatable bonds is 4. The molecule has 1 N–H and O–H groups in total. The van der Waals surface area contributed by atoms with E-state index in [1.807, 2.05) is 0 Å². The first-order chi connectivity index (χ1) is 8.68. The summed E-state index contributed by atoms with van der Waals surface area (Å²) in [5.74, 6) is -0.744. The summed E-state index contributed by atoms with van der Waals surface area (Å²) in [5, 5.41) is 2.77. The van der Waals surface area contributed by atoms with Gasteiger partial charge in [0.25, 0.3) is 5.91 Å². The Labute approximate surface area is 107 Å². The predicted octanol–water partition coefficient (Wildman–Crippen LogP) is 1.96. The molecule has 0 radical (unpaired) electrons. The molecule has 0 saturated carbocycles. The van der Waals surface area contributed by atoms with Crippen LogP contribution in [0.15, 0.2) is 18.2 Å². The fourth-order valence-electron chi connectivity index (χ4n) is 2.25. The number of likely N-dealkylation sites (tertiary alicyclic amines) is 1. The van der Waals surface area contributed by atoms with Gasteiger partial charge in [0.05, 0.1) is 5.56 Å². The second kappa shape index (κ2) is 5.96. The molecule has 98 valence electrons. The Balaban J connectivity index is 1.85. The first-order valence-corrected chi connectivity index (χ1v) is 6.44. The third-order valence-corrected chi connectivity index (χ3v) is 3.35. The number of hydrogen-bond donors (Lipinski definition) is 1. The molecule has 3 nitrogen and oxygen atoms in total. The van der Waals surface area contributed by atoms with Gasteiger partial charge in [0.1, 0.15) is 5.82 Å². The molecule has 1 aliphatic heterocycles. The zero-order chi connectivity index (χ0) is 13.0. The molecule has 0 aromatic heterocycles. The molecule has 0 atom stereocenters. The van der Waals surface area contributed by atoms with Crippen LogP contribution < -0.4 is 5.32 Å². The Morgan fingerprint density at radius 2 is 2.11 bits per heavy atom. The van der Waals surface area contributed by atoms with Crippen LogP contribution in [-0.2, 0) is 0 Å². The van der Waals surface area contributed by atoms with Gasteiger partial charge in [-0.3, -0.25) is 4.79 Å². The fourth-order valence-corrected chi connectivity index (χ4v) is 2.25. The smallest absolute Gasteiger partial charge is 0.254 e. The van der Waals surface area contributed by atoms with Crippen molar-refractivity contribution in [3.05, 3.63) is 35.1 Å². The van der Waals surface area contributed by atoms with E-state index < -0.39 is 5.82 Å². The van der Waals surface area contributed by atoms with Gasteiger partial charge in [0.15, 0.2) is 0 Å². The van der Waals surface area contributed by atoms with Crippen molar-refractivity contribution in [3.8, 4) is 0 Å². The first kappa shape index (κ1) is 13.0. The van der Waals surface area contributed by atoms with E-state index in [2.05, 4.69) is 10.2 Å². The van der Waals surface area contributed by atoms with Gasteiger partial charge in [-0.1, -0.05) is 12.1 Å². The predicted molar refractivity (Wildman–Crippen MR) is 69.1 cm³/mol. The molecule has 4 heteroatoms. The molecular weight excluding hydrogens is 231 g/mol. The molecule has 0 spiro atoms. The van der Waals surface area contributed by atoms with E-state index >= 15 is 0 Å². The lowest BCUT2D eigenvalue weighted by Gasteiger charge is -2.14. The summed E-state index contributed by atoms with van der Waals surface area (Å²) in [4.78, 5) is 14.1. The quantitative estimate of drug-likeness (QED) is 0.886. The van der Waals surface area contributed by atoms with E-state index in [1.165, 1.54) is 18.9 Å². The maximum absolute atomic E-state index is 13.7. The van der Waals surface area contributed by atoms with E-state index in [0.29, 0.717) is 12.1 Å². The lowest BCUT2D eigenvalue weighted by Crippen LogP contribution is -2.33. The van der Waals surface area contributed by atoms with Crippen molar-refractivity contribution in [2.45, 2.75) is 19.8 Å². The van der Waals surface area contributed by atoms with Crippen LogP contribution in [0.4, 0.5) is 4.39 Å². The Hall–Kier alpha value is -1.42. The fraction of sp³-hybridized carbons (Fsp3) is 0.500. The zero-order valence-electron chi connectivity index (χ0n) is 10.7. The highest BCUT2D eigenvalue weighted by Gasteiger charge is 2.14. The standard InChI is InChI=1S/C14H19FN2O/c1-11-5-4-6-12(13(11)15)14(18)16-7-10-17-8-2-3-9-17/h4-6H,2-3,7-10H2,1H3,(H,16,18). The maximum Gasteiger partial charge on any atom is 0.254 e. The molecule has 1 amide bonds. The van der Waals surface area contributed by atoms with Crippen LogP contribution in [0.5, 0.6) is 0 Å². The molecule has 2 rings (SSSR count). The molecule has 1 saturated heterocycles. The van der Waals surface area contributed by atoms with E-state index in [1.54, 1.807) is 19.1 Å². The molecule has 1 fully saturated rings. The van der Waals surface area contributed by atoms with E-state index in [9.17, 15) is 9.18 Å². The summed E-state index contributed by atoms with van der Waals surface area (Å²) in [7, 11) is 0. The second-order valence-electron chi connectivity index (χ2n) is 4.74. The molecule has 0 bridgehead atoms. The number of carbonyl (C=O) groups is 1. The van der Waals surface area contributed by atoms with Crippen molar-refractivity contribution in [1.82, 2.24) is 10.2 Å². The van der Waals surface area contributed by atoms with Crippen LogP contribution in [0.1, 0.15) is 28.8 Å². The molecule has 18 heavy (non-hydrogen) atoms. The third-order valence-electron chi connectivity index (χ3n) is 3.35. The van der Waals surface area contributed by atoms with Gasteiger partial charge >= 0.3 is 0 Å². The molecule has 1 aromatic carbocycles. The van der Waals surface area contributed by atoms with Gasteiger partial charge in [-0.2, -0.15) is 0 Å². The van der Waals surface area contributed by atoms with Crippen molar-refractivity contribution < 1.29 is 9.18 Å². The van der Waals surface area contributed by atoms with E-state index in [-0.39, 0.29) is 11.5 Å². The number of nitrogens with zero attached hydrogens (tertiary/aromatic N) is 1. The van der Waals surface area contributed by atoms with Crippen LogP contribution in [-0.4, -0.2) is 37.0 Å². The zero-order valence-corrected chi connectivity index (χ0v) is 10.7. The molecule has 1 aromatic rings. The minimum Gasteiger partial charge on any atom is -0.351 e. The summed E-state index contributed by atoms with van der Waals surface area (Å²) in [6, 6.07) is 4.89. The Bertz CT molecular complexity index is 428. The number of halogens is 1. The second-order valence-corrected chi connectivity index (χ2v) is 4.74. The van der Waals surface area contributed by atoms with E-state index in [0.717, 1.165) is 19.6 Å². The van der Waals surface area contributed by atoms with Crippen LogP contribution in [0.25, 0.3) is 0 Å².